The van der Waals surface area contributed by atoms with E-state index in [0.717, 1.165) is 0 Å². The van der Waals surface area contributed by atoms with Crippen LogP contribution >= 0.6 is 0 Å². The fraction of sp³-hybridized carbons (Fsp3) is 0.667. The zero-order valence-electron chi connectivity index (χ0n) is 8.90. The van der Waals surface area contributed by atoms with E-state index in [1.165, 1.54) is 0 Å². The molecule has 16 heavy (non-hydrogen) atoms. The number of nitriles is 1. The topological polar surface area (TPSA) is 128 Å². The van der Waals surface area contributed by atoms with Gasteiger partial charge in [0.15, 0.2) is 0 Å². The molecule has 0 saturated heterocycles. The minimum absolute atomic E-state index is 0.0485. The monoisotopic (exact) mass is 228 g/mol. The molecule has 0 aliphatic carbocycles. The minimum atomic E-state index is -1.06. The first-order chi connectivity index (χ1) is 7.57. The molecular weight excluding hydrogens is 212 g/mol. The van der Waals surface area contributed by atoms with E-state index in [-0.39, 0.29) is 12.5 Å². The molecule has 90 valence electrons. The standard InChI is InChI=1S/C9H16N4O3/c10-4-6-12-8(14)7(11)3-1-2-5-13-9(15)16/h7,13H,1-3,5-6,11H2,(H,12,14)(H,15,16). The Bertz CT molecular complexity index is 274. The van der Waals surface area contributed by atoms with Crippen LogP contribution in [0.3, 0.4) is 0 Å². The normalized spacial score (nSPS) is 11.2. The summed E-state index contributed by atoms with van der Waals surface area (Å²) in [5, 5.41) is 21.1. The summed E-state index contributed by atoms with van der Waals surface area (Å²) in [5.74, 6) is -0.354. The number of amides is 2. The summed E-state index contributed by atoms with van der Waals surface area (Å²) in [6.07, 6.45) is 0.696. The summed E-state index contributed by atoms with van der Waals surface area (Å²) in [4.78, 5) is 21.3. The van der Waals surface area contributed by atoms with Gasteiger partial charge in [-0.15, -0.1) is 0 Å². The molecular formula is C9H16N4O3. The lowest BCUT2D eigenvalue weighted by molar-refractivity contribution is -0.122. The highest BCUT2D eigenvalue weighted by molar-refractivity contribution is 5.81. The fourth-order valence-electron chi connectivity index (χ4n) is 1.07. The predicted molar refractivity (Wildman–Crippen MR) is 56.5 cm³/mol. The van der Waals surface area contributed by atoms with Crippen LogP contribution in [0.15, 0.2) is 0 Å². The molecule has 0 bridgehead atoms. The highest BCUT2D eigenvalue weighted by Crippen LogP contribution is 1.98. The van der Waals surface area contributed by atoms with Crippen LogP contribution in [-0.2, 0) is 4.79 Å². The van der Waals surface area contributed by atoms with E-state index in [1.807, 2.05) is 0 Å². The van der Waals surface area contributed by atoms with Gasteiger partial charge in [-0.1, -0.05) is 0 Å². The lowest BCUT2D eigenvalue weighted by atomic mass is 10.1. The highest BCUT2D eigenvalue weighted by Gasteiger charge is 2.11. The van der Waals surface area contributed by atoms with Crippen molar-refractivity contribution in [3.05, 3.63) is 0 Å². The summed E-state index contributed by atoms with van der Waals surface area (Å²) < 4.78 is 0. The van der Waals surface area contributed by atoms with E-state index in [9.17, 15) is 9.59 Å². The average molecular weight is 228 g/mol. The number of carbonyl (C=O) groups is 2. The Balaban J connectivity index is 3.50. The molecule has 0 heterocycles. The summed E-state index contributed by atoms with van der Waals surface area (Å²) in [5.41, 5.74) is 5.54. The molecule has 1 atom stereocenters. The van der Waals surface area contributed by atoms with Gasteiger partial charge in [-0.2, -0.15) is 5.26 Å². The van der Waals surface area contributed by atoms with Gasteiger partial charge < -0.3 is 21.5 Å². The Hall–Kier alpha value is -1.81. The first-order valence-corrected chi connectivity index (χ1v) is 4.95. The van der Waals surface area contributed by atoms with Crippen molar-refractivity contribution in [1.82, 2.24) is 10.6 Å². The van der Waals surface area contributed by atoms with Crippen molar-refractivity contribution >= 4 is 12.0 Å². The van der Waals surface area contributed by atoms with Crippen LogP contribution in [0, 0.1) is 11.3 Å². The SMILES string of the molecule is N#CCNC(=O)C(N)CCCCNC(=O)O. The van der Waals surface area contributed by atoms with E-state index < -0.39 is 12.1 Å². The second-order valence-electron chi connectivity index (χ2n) is 3.21. The van der Waals surface area contributed by atoms with Crippen LogP contribution in [0.25, 0.3) is 0 Å². The van der Waals surface area contributed by atoms with Gasteiger partial charge in [0, 0.05) is 6.54 Å². The number of unbranched alkanes of at least 4 members (excludes halogenated alkanes) is 1. The van der Waals surface area contributed by atoms with Gasteiger partial charge in [0.1, 0.15) is 6.54 Å². The maximum Gasteiger partial charge on any atom is 0.404 e. The van der Waals surface area contributed by atoms with Gasteiger partial charge in [0.2, 0.25) is 5.91 Å². The van der Waals surface area contributed by atoms with Gasteiger partial charge in [-0.05, 0) is 19.3 Å². The van der Waals surface area contributed by atoms with Crippen molar-refractivity contribution in [1.29, 1.82) is 5.26 Å². The number of carbonyl (C=O) groups excluding carboxylic acids is 1. The minimum Gasteiger partial charge on any atom is -0.465 e. The maximum absolute atomic E-state index is 11.2. The number of hydrogen-bond donors (Lipinski definition) is 4. The first kappa shape index (κ1) is 14.2. The predicted octanol–water partition coefficient (Wildman–Crippen LogP) is -0.609. The molecule has 5 N–H and O–H groups in total. The third kappa shape index (κ3) is 7.58. The molecule has 0 aromatic rings. The van der Waals surface area contributed by atoms with Crippen LogP contribution in [-0.4, -0.2) is 36.2 Å². The molecule has 0 radical (unpaired) electrons. The Kier molecular flexibility index (Phi) is 7.53. The van der Waals surface area contributed by atoms with Crippen LogP contribution < -0.4 is 16.4 Å². The third-order valence-corrected chi connectivity index (χ3v) is 1.90. The number of nitrogens with one attached hydrogen (secondary N) is 2. The van der Waals surface area contributed by atoms with Crippen molar-refractivity contribution < 1.29 is 14.7 Å². The molecule has 7 heteroatoms. The van der Waals surface area contributed by atoms with Crippen molar-refractivity contribution in [3.63, 3.8) is 0 Å². The second kappa shape index (κ2) is 8.49. The second-order valence-corrected chi connectivity index (χ2v) is 3.21. The lowest BCUT2D eigenvalue weighted by Gasteiger charge is -2.10. The van der Waals surface area contributed by atoms with Crippen molar-refractivity contribution in [2.24, 2.45) is 5.73 Å². The van der Waals surface area contributed by atoms with E-state index in [0.29, 0.717) is 25.8 Å². The Morgan fingerprint density at radius 2 is 2.06 bits per heavy atom. The number of hydrogen-bond acceptors (Lipinski definition) is 4. The van der Waals surface area contributed by atoms with Gasteiger partial charge in [-0.25, -0.2) is 4.79 Å². The molecule has 0 aromatic carbocycles. The van der Waals surface area contributed by atoms with Crippen LogP contribution in [0.2, 0.25) is 0 Å². The molecule has 0 fully saturated rings. The molecule has 0 rings (SSSR count). The average Bonchev–Trinajstić information content (AvgIpc) is 2.24. The summed E-state index contributed by atoms with van der Waals surface area (Å²) >= 11 is 0. The summed E-state index contributed by atoms with van der Waals surface area (Å²) in [6, 6.07) is 1.14. The van der Waals surface area contributed by atoms with Gasteiger partial charge in [0.05, 0.1) is 12.1 Å². The number of nitrogens with zero attached hydrogens (tertiary/aromatic N) is 1. The summed E-state index contributed by atoms with van der Waals surface area (Å²) in [7, 11) is 0. The van der Waals surface area contributed by atoms with E-state index in [4.69, 9.17) is 16.1 Å². The third-order valence-electron chi connectivity index (χ3n) is 1.90. The Labute approximate surface area is 93.6 Å². The molecule has 0 saturated carbocycles. The molecule has 7 nitrogen and oxygen atoms in total. The lowest BCUT2D eigenvalue weighted by Crippen LogP contribution is -2.40. The van der Waals surface area contributed by atoms with Crippen molar-refractivity contribution in [2.45, 2.75) is 25.3 Å². The van der Waals surface area contributed by atoms with E-state index in [2.05, 4.69) is 10.6 Å². The Morgan fingerprint density at radius 3 is 2.62 bits per heavy atom. The van der Waals surface area contributed by atoms with Crippen LogP contribution in [0.5, 0.6) is 0 Å². The van der Waals surface area contributed by atoms with E-state index in [1.54, 1.807) is 6.07 Å². The Morgan fingerprint density at radius 1 is 1.38 bits per heavy atom. The van der Waals surface area contributed by atoms with Crippen molar-refractivity contribution in [2.75, 3.05) is 13.1 Å². The number of carboxylic acid groups (broad SMARTS) is 1. The fourth-order valence-corrected chi connectivity index (χ4v) is 1.07. The maximum atomic E-state index is 11.2. The molecule has 0 aliphatic heterocycles. The van der Waals surface area contributed by atoms with Gasteiger partial charge >= 0.3 is 6.09 Å². The molecule has 0 aliphatic rings. The van der Waals surface area contributed by atoms with Gasteiger partial charge in [0.25, 0.3) is 0 Å². The summed E-state index contributed by atoms with van der Waals surface area (Å²) in [6.45, 7) is 0.301. The smallest absolute Gasteiger partial charge is 0.404 e. The zero-order chi connectivity index (χ0) is 12.4. The molecule has 0 spiro atoms. The number of nitrogens with two attached hydrogens (primary N) is 1. The van der Waals surface area contributed by atoms with Crippen molar-refractivity contribution in [3.8, 4) is 6.07 Å². The molecule has 2 amide bonds. The van der Waals surface area contributed by atoms with Crippen LogP contribution in [0.1, 0.15) is 19.3 Å². The number of rotatable bonds is 7. The van der Waals surface area contributed by atoms with E-state index >= 15 is 0 Å². The van der Waals surface area contributed by atoms with Gasteiger partial charge in [-0.3, -0.25) is 4.79 Å². The molecule has 0 aromatic heterocycles. The molecule has 1 unspecified atom stereocenters. The quantitative estimate of drug-likeness (QED) is 0.341. The zero-order valence-corrected chi connectivity index (χ0v) is 8.90. The largest absolute Gasteiger partial charge is 0.465 e. The highest BCUT2D eigenvalue weighted by atomic mass is 16.4. The first-order valence-electron chi connectivity index (χ1n) is 4.95. The van der Waals surface area contributed by atoms with Crippen LogP contribution in [0.4, 0.5) is 4.79 Å².